The normalized spacial score (nSPS) is 27.4. The molecule has 3 heteroatoms. The molecular weight excluding hydrogens is 222 g/mol. The zero-order valence-electron chi connectivity index (χ0n) is 11.4. The van der Waals surface area contributed by atoms with Crippen LogP contribution in [0.2, 0.25) is 0 Å². The first-order valence-electron chi connectivity index (χ1n) is 7.08. The fourth-order valence-electron chi connectivity index (χ4n) is 3.37. The van der Waals surface area contributed by atoms with Crippen molar-refractivity contribution in [1.29, 1.82) is 0 Å². The highest BCUT2D eigenvalue weighted by atomic mass is 15.3. The molecule has 0 spiro atoms. The minimum absolute atomic E-state index is 0.671. The van der Waals surface area contributed by atoms with Gasteiger partial charge in [-0.2, -0.15) is 0 Å². The van der Waals surface area contributed by atoms with Crippen LogP contribution in [0.4, 0.5) is 11.4 Å². The molecule has 0 aromatic heterocycles. The molecule has 18 heavy (non-hydrogen) atoms. The highest BCUT2D eigenvalue weighted by Crippen LogP contribution is 2.35. The van der Waals surface area contributed by atoms with Gasteiger partial charge in [0.2, 0.25) is 0 Å². The van der Waals surface area contributed by atoms with Crippen molar-refractivity contribution in [2.45, 2.75) is 19.4 Å². The minimum Gasteiger partial charge on any atom is -0.371 e. The summed E-state index contributed by atoms with van der Waals surface area (Å²) in [5, 5.41) is 3.56. The third-order valence-corrected chi connectivity index (χ3v) is 4.51. The summed E-state index contributed by atoms with van der Waals surface area (Å²) in [5.41, 5.74) is 2.80. The molecule has 1 aromatic rings. The van der Waals surface area contributed by atoms with E-state index in [1.807, 2.05) is 0 Å². The van der Waals surface area contributed by atoms with Crippen molar-refractivity contribution >= 4 is 11.4 Å². The van der Waals surface area contributed by atoms with Crippen molar-refractivity contribution in [3.8, 4) is 0 Å². The summed E-state index contributed by atoms with van der Waals surface area (Å²) in [5.74, 6) is 0.793. The quantitative estimate of drug-likeness (QED) is 0.859. The standard InChI is InChI=1S/C15H23N3/c1-3-12-10-16-11-15(12)18-9-8-17(2)13-6-4-5-7-14(13)18/h4-7,12,15-16H,3,8-11H2,1-2H3. The molecule has 1 saturated heterocycles. The summed E-state index contributed by atoms with van der Waals surface area (Å²) in [6, 6.07) is 9.49. The zero-order valence-corrected chi connectivity index (χ0v) is 11.4. The number of hydrogen-bond donors (Lipinski definition) is 1. The van der Waals surface area contributed by atoms with Crippen molar-refractivity contribution in [2.24, 2.45) is 5.92 Å². The summed E-state index contributed by atoms with van der Waals surface area (Å²) in [7, 11) is 2.19. The Kier molecular flexibility index (Phi) is 3.16. The molecule has 2 heterocycles. The van der Waals surface area contributed by atoms with Crippen molar-refractivity contribution < 1.29 is 0 Å². The molecule has 0 saturated carbocycles. The van der Waals surface area contributed by atoms with Crippen LogP contribution in [0.15, 0.2) is 24.3 Å². The Morgan fingerprint density at radius 2 is 1.94 bits per heavy atom. The molecule has 1 fully saturated rings. The SMILES string of the molecule is CCC1CNCC1N1CCN(C)c2ccccc21. The number of anilines is 2. The number of hydrogen-bond acceptors (Lipinski definition) is 3. The maximum absolute atomic E-state index is 3.56. The smallest absolute Gasteiger partial charge is 0.0607 e. The van der Waals surface area contributed by atoms with Crippen molar-refractivity contribution in [2.75, 3.05) is 43.0 Å². The number of nitrogens with one attached hydrogen (secondary N) is 1. The largest absolute Gasteiger partial charge is 0.371 e. The first kappa shape index (κ1) is 11.8. The molecule has 0 aliphatic carbocycles. The lowest BCUT2D eigenvalue weighted by Gasteiger charge is -2.42. The molecule has 3 rings (SSSR count). The van der Waals surface area contributed by atoms with Crippen LogP contribution in [0, 0.1) is 5.92 Å². The summed E-state index contributed by atoms with van der Waals surface area (Å²) < 4.78 is 0. The molecule has 2 aliphatic heterocycles. The number of nitrogens with zero attached hydrogens (tertiary/aromatic N) is 2. The molecule has 0 bridgehead atoms. The molecule has 2 atom stereocenters. The Morgan fingerprint density at radius 3 is 2.72 bits per heavy atom. The predicted octanol–water partition coefficient (Wildman–Crippen LogP) is 1.94. The second-order valence-corrected chi connectivity index (χ2v) is 5.50. The monoisotopic (exact) mass is 245 g/mol. The molecule has 0 amide bonds. The van der Waals surface area contributed by atoms with Gasteiger partial charge in [0.05, 0.1) is 11.4 Å². The Labute approximate surface area is 110 Å². The van der Waals surface area contributed by atoms with Crippen molar-refractivity contribution in [3.05, 3.63) is 24.3 Å². The fraction of sp³-hybridized carbons (Fsp3) is 0.600. The first-order valence-corrected chi connectivity index (χ1v) is 7.08. The fourth-order valence-corrected chi connectivity index (χ4v) is 3.37. The average molecular weight is 245 g/mol. The van der Waals surface area contributed by atoms with E-state index in [2.05, 4.69) is 53.4 Å². The van der Waals surface area contributed by atoms with Gasteiger partial charge in [-0.3, -0.25) is 0 Å². The first-order chi connectivity index (χ1) is 8.81. The van der Waals surface area contributed by atoms with Gasteiger partial charge in [-0.05, 0) is 18.1 Å². The minimum atomic E-state index is 0.671. The highest BCUT2D eigenvalue weighted by Gasteiger charge is 2.33. The lowest BCUT2D eigenvalue weighted by molar-refractivity contribution is 0.462. The molecule has 2 unspecified atom stereocenters. The van der Waals surface area contributed by atoms with E-state index in [-0.39, 0.29) is 0 Å². The van der Waals surface area contributed by atoms with Crippen LogP contribution >= 0.6 is 0 Å². The highest BCUT2D eigenvalue weighted by molar-refractivity contribution is 5.73. The Bertz CT molecular complexity index is 418. The van der Waals surface area contributed by atoms with Crippen LogP contribution in [0.25, 0.3) is 0 Å². The number of rotatable bonds is 2. The third-order valence-electron chi connectivity index (χ3n) is 4.51. The Balaban J connectivity index is 1.92. The number of benzene rings is 1. The van der Waals surface area contributed by atoms with Crippen LogP contribution in [0.5, 0.6) is 0 Å². The van der Waals surface area contributed by atoms with Gasteiger partial charge in [-0.15, -0.1) is 0 Å². The molecular formula is C15H23N3. The van der Waals surface area contributed by atoms with E-state index >= 15 is 0 Å². The van der Waals surface area contributed by atoms with E-state index in [9.17, 15) is 0 Å². The van der Waals surface area contributed by atoms with Gasteiger partial charge in [0.1, 0.15) is 0 Å². The summed E-state index contributed by atoms with van der Waals surface area (Å²) >= 11 is 0. The maximum Gasteiger partial charge on any atom is 0.0607 e. The molecule has 1 N–H and O–H groups in total. The lowest BCUT2D eigenvalue weighted by atomic mass is 9.97. The van der Waals surface area contributed by atoms with E-state index in [1.54, 1.807) is 0 Å². The summed E-state index contributed by atoms with van der Waals surface area (Å²) in [4.78, 5) is 5.00. The van der Waals surface area contributed by atoms with Crippen LogP contribution in [0.1, 0.15) is 13.3 Å². The van der Waals surface area contributed by atoms with Gasteiger partial charge in [-0.1, -0.05) is 25.5 Å². The molecule has 0 radical (unpaired) electrons. The molecule has 98 valence electrons. The van der Waals surface area contributed by atoms with E-state index in [1.165, 1.54) is 24.3 Å². The summed E-state index contributed by atoms with van der Waals surface area (Å²) in [6.45, 7) is 6.90. The molecule has 3 nitrogen and oxygen atoms in total. The van der Waals surface area contributed by atoms with E-state index in [4.69, 9.17) is 0 Å². The second-order valence-electron chi connectivity index (χ2n) is 5.50. The number of fused-ring (bicyclic) bond motifs is 1. The average Bonchev–Trinajstić information content (AvgIpc) is 2.88. The Morgan fingerprint density at radius 1 is 1.17 bits per heavy atom. The van der Waals surface area contributed by atoms with Gasteiger partial charge in [0.15, 0.2) is 0 Å². The topological polar surface area (TPSA) is 18.5 Å². The second kappa shape index (κ2) is 4.81. The maximum atomic E-state index is 3.56. The lowest BCUT2D eigenvalue weighted by Crippen LogP contribution is -2.48. The van der Waals surface area contributed by atoms with Crippen molar-refractivity contribution in [1.82, 2.24) is 5.32 Å². The predicted molar refractivity (Wildman–Crippen MR) is 77.5 cm³/mol. The molecule has 1 aromatic carbocycles. The van der Waals surface area contributed by atoms with Gasteiger partial charge in [-0.25, -0.2) is 0 Å². The van der Waals surface area contributed by atoms with E-state index < -0.39 is 0 Å². The summed E-state index contributed by atoms with van der Waals surface area (Å²) in [6.07, 6.45) is 1.27. The van der Waals surface area contributed by atoms with Gasteiger partial charge >= 0.3 is 0 Å². The van der Waals surface area contributed by atoms with Gasteiger partial charge in [0, 0.05) is 39.3 Å². The van der Waals surface area contributed by atoms with Gasteiger partial charge < -0.3 is 15.1 Å². The van der Waals surface area contributed by atoms with Crippen molar-refractivity contribution in [3.63, 3.8) is 0 Å². The zero-order chi connectivity index (χ0) is 12.5. The molecule has 2 aliphatic rings. The Hall–Kier alpha value is -1.22. The third kappa shape index (κ3) is 1.87. The van der Waals surface area contributed by atoms with Crippen LogP contribution < -0.4 is 15.1 Å². The van der Waals surface area contributed by atoms with Crippen LogP contribution in [-0.4, -0.2) is 39.3 Å². The van der Waals surface area contributed by atoms with E-state index in [0.717, 1.165) is 25.6 Å². The van der Waals surface area contributed by atoms with Crippen LogP contribution in [0.3, 0.4) is 0 Å². The number of para-hydroxylation sites is 2. The number of likely N-dealkylation sites (N-methyl/N-ethyl adjacent to an activating group) is 1. The van der Waals surface area contributed by atoms with Crippen LogP contribution in [-0.2, 0) is 0 Å². The van der Waals surface area contributed by atoms with Gasteiger partial charge in [0.25, 0.3) is 0 Å². The van der Waals surface area contributed by atoms with E-state index in [0.29, 0.717) is 6.04 Å².